The minimum absolute atomic E-state index is 0.130. The molecule has 7 heteroatoms. The van der Waals surface area contributed by atoms with Crippen molar-refractivity contribution in [3.63, 3.8) is 0 Å². The first-order chi connectivity index (χ1) is 12.2. The highest BCUT2D eigenvalue weighted by Crippen LogP contribution is 2.41. The summed E-state index contributed by atoms with van der Waals surface area (Å²) in [6.07, 6.45) is 6.33. The molecule has 1 aliphatic carbocycles. The maximum absolute atomic E-state index is 12.1. The number of carbonyl (C=O) groups excluding carboxylic acids is 1. The van der Waals surface area contributed by atoms with Crippen LogP contribution < -0.4 is 4.90 Å². The van der Waals surface area contributed by atoms with Gasteiger partial charge in [-0.2, -0.15) is 5.26 Å². The van der Waals surface area contributed by atoms with Crippen LogP contribution in [0.1, 0.15) is 25.7 Å². The van der Waals surface area contributed by atoms with Gasteiger partial charge in [-0.3, -0.25) is 4.79 Å². The largest absolute Gasteiger partial charge is 0.356 e. The fourth-order valence-corrected chi connectivity index (χ4v) is 4.42. The molecule has 0 unspecified atom stereocenters. The minimum Gasteiger partial charge on any atom is -0.356 e. The van der Waals surface area contributed by atoms with Gasteiger partial charge in [0.05, 0.1) is 11.5 Å². The highest BCUT2D eigenvalue weighted by atomic mass is 16.2. The number of likely N-dealkylation sites (tertiary alicyclic amines) is 1. The van der Waals surface area contributed by atoms with E-state index in [1.807, 2.05) is 17.2 Å². The van der Waals surface area contributed by atoms with E-state index >= 15 is 0 Å². The van der Waals surface area contributed by atoms with Gasteiger partial charge in [0.25, 0.3) is 0 Å². The number of hydrogen-bond acceptors (Lipinski definition) is 5. The molecule has 2 aromatic heterocycles. The number of H-pyrrole nitrogens is 1. The molecule has 3 heterocycles. The zero-order chi connectivity index (χ0) is 17.4. The summed E-state index contributed by atoms with van der Waals surface area (Å²) >= 11 is 0. The summed E-state index contributed by atoms with van der Waals surface area (Å²) in [6.45, 7) is 1.67. The van der Waals surface area contributed by atoms with E-state index in [-0.39, 0.29) is 5.91 Å². The molecule has 1 amide bonds. The average Bonchev–Trinajstić information content (AvgIpc) is 3.31. The molecule has 0 radical (unpaired) electrons. The van der Waals surface area contributed by atoms with Gasteiger partial charge in [0.2, 0.25) is 5.91 Å². The van der Waals surface area contributed by atoms with E-state index in [0.29, 0.717) is 30.7 Å². The SMILES string of the molecule is CN(c1ncnc2[nH]ccc12)[C@H]1C[C@@H]2CN(C(=O)CCC#N)C[C@@H]2C1. The Balaban J connectivity index is 1.42. The van der Waals surface area contributed by atoms with Crippen LogP contribution >= 0.6 is 0 Å². The van der Waals surface area contributed by atoms with E-state index in [2.05, 4.69) is 33.0 Å². The van der Waals surface area contributed by atoms with Crippen LogP contribution in [0.5, 0.6) is 0 Å². The molecule has 130 valence electrons. The third-order valence-electron chi connectivity index (χ3n) is 5.74. The van der Waals surface area contributed by atoms with Crippen molar-refractivity contribution < 1.29 is 4.79 Å². The third-order valence-corrected chi connectivity index (χ3v) is 5.74. The average molecular weight is 338 g/mol. The molecule has 1 N–H and O–H groups in total. The van der Waals surface area contributed by atoms with Crippen molar-refractivity contribution in [3.05, 3.63) is 18.6 Å². The van der Waals surface area contributed by atoms with Crippen LogP contribution in [0.4, 0.5) is 5.82 Å². The lowest BCUT2D eigenvalue weighted by atomic mass is 10.0. The smallest absolute Gasteiger partial charge is 0.223 e. The molecule has 3 atom stereocenters. The molecule has 2 aliphatic rings. The van der Waals surface area contributed by atoms with Crippen LogP contribution in [0.15, 0.2) is 18.6 Å². The number of aromatic nitrogens is 3. The van der Waals surface area contributed by atoms with Crippen LogP contribution in [0.2, 0.25) is 0 Å². The van der Waals surface area contributed by atoms with Gasteiger partial charge in [0.15, 0.2) is 0 Å². The van der Waals surface area contributed by atoms with Gasteiger partial charge in [0.1, 0.15) is 17.8 Å². The fourth-order valence-electron chi connectivity index (χ4n) is 4.42. The Kier molecular flexibility index (Phi) is 4.04. The molecule has 7 nitrogen and oxygen atoms in total. The normalized spacial score (nSPS) is 25.1. The maximum Gasteiger partial charge on any atom is 0.223 e. The molecular formula is C18H22N6O. The van der Waals surface area contributed by atoms with E-state index in [4.69, 9.17) is 5.26 Å². The van der Waals surface area contributed by atoms with Crippen molar-refractivity contribution in [2.45, 2.75) is 31.7 Å². The number of carbonyl (C=O) groups is 1. The topological polar surface area (TPSA) is 88.9 Å². The lowest BCUT2D eigenvalue weighted by Gasteiger charge is -2.28. The van der Waals surface area contributed by atoms with E-state index in [1.165, 1.54) is 0 Å². The fraction of sp³-hybridized carbons (Fsp3) is 0.556. The second-order valence-corrected chi connectivity index (χ2v) is 7.15. The van der Waals surface area contributed by atoms with Crippen molar-refractivity contribution in [3.8, 4) is 6.07 Å². The molecular weight excluding hydrogens is 316 g/mol. The van der Waals surface area contributed by atoms with Gasteiger partial charge >= 0.3 is 0 Å². The summed E-state index contributed by atoms with van der Waals surface area (Å²) < 4.78 is 0. The molecule has 1 aliphatic heterocycles. The molecule has 2 aromatic rings. The number of amides is 1. The van der Waals surface area contributed by atoms with Crippen molar-refractivity contribution in [1.82, 2.24) is 19.9 Å². The second-order valence-electron chi connectivity index (χ2n) is 7.15. The predicted octanol–water partition coefficient (Wildman–Crippen LogP) is 1.93. The van der Waals surface area contributed by atoms with E-state index in [0.717, 1.165) is 42.8 Å². The standard InChI is InChI=1S/C18H22N6O/c1-23(18-15-4-6-20-17(15)21-11-22-18)14-7-12-9-24(10-13(12)8-14)16(25)3-2-5-19/h4,6,11-14H,2-3,7-10H2,1H3,(H,20,21,22)/t12-,13+,14+. The van der Waals surface area contributed by atoms with Gasteiger partial charge in [-0.05, 0) is 30.7 Å². The Hall–Kier alpha value is -2.62. The monoisotopic (exact) mass is 338 g/mol. The highest BCUT2D eigenvalue weighted by Gasteiger charge is 2.43. The number of nitrogens with zero attached hydrogens (tertiary/aromatic N) is 5. The van der Waals surface area contributed by atoms with Gasteiger partial charge in [0, 0.05) is 45.2 Å². The number of aromatic amines is 1. The number of nitrogens with one attached hydrogen (secondary N) is 1. The molecule has 1 saturated carbocycles. The van der Waals surface area contributed by atoms with Crippen LogP contribution in [-0.2, 0) is 4.79 Å². The van der Waals surface area contributed by atoms with Crippen molar-refractivity contribution in [2.24, 2.45) is 11.8 Å². The summed E-state index contributed by atoms with van der Waals surface area (Å²) in [7, 11) is 2.11. The lowest BCUT2D eigenvalue weighted by Crippen LogP contribution is -2.34. The molecule has 0 bridgehead atoms. The quantitative estimate of drug-likeness (QED) is 0.920. The van der Waals surface area contributed by atoms with Crippen LogP contribution in [0.25, 0.3) is 11.0 Å². The van der Waals surface area contributed by atoms with E-state index in [9.17, 15) is 4.79 Å². The van der Waals surface area contributed by atoms with E-state index < -0.39 is 0 Å². The number of nitriles is 1. The zero-order valence-corrected chi connectivity index (χ0v) is 14.4. The van der Waals surface area contributed by atoms with Crippen molar-refractivity contribution in [1.29, 1.82) is 5.26 Å². The molecule has 1 saturated heterocycles. The summed E-state index contributed by atoms with van der Waals surface area (Å²) in [6, 6.07) is 4.52. The van der Waals surface area contributed by atoms with Crippen molar-refractivity contribution >= 4 is 22.8 Å². The zero-order valence-electron chi connectivity index (χ0n) is 14.4. The van der Waals surface area contributed by atoms with Crippen LogP contribution in [0, 0.1) is 23.2 Å². The summed E-state index contributed by atoms with van der Waals surface area (Å²) in [4.78, 5) is 28.3. The highest BCUT2D eigenvalue weighted by molar-refractivity contribution is 5.87. The number of fused-ring (bicyclic) bond motifs is 2. The van der Waals surface area contributed by atoms with Crippen LogP contribution in [0.3, 0.4) is 0 Å². The van der Waals surface area contributed by atoms with Gasteiger partial charge in [-0.15, -0.1) is 0 Å². The summed E-state index contributed by atoms with van der Waals surface area (Å²) in [5.41, 5.74) is 0.865. The Bertz CT molecular complexity index is 810. The molecule has 2 fully saturated rings. The third kappa shape index (κ3) is 2.82. The second kappa shape index (κ2) is 6.36. The first-order valence-corrected chi connectivity index (χ1v) is 8.83. The Morgan fingerprint density at radius 2 is 2.16 bits per heavy atom. The summed E-state index contributed by atoms with van der Waals surface area (Å²) in [5, 5.41) is 9.70. The Morgan fingerprint density at radius 1 is 1.40 bits per heavy atom. The molecule has 4 rings (SSSR count). The lowest BCUT2D eigenvalue weighted by molar-refractivity contribution is -0.130. The molecule has 25 heavy (non-hydrogen) atoms. The first-order valence-electron chi connectivity index (χ1n) is 8.83. The Morgan fingerprint density at radius 3 is 2.88 bits per heavy atom. The molecule has 0 aromatic carbocycles. The number of rotatable bonds is 4. The predicted molar refractivity (Wildman–Crippen MR) is 93.7 cm³/mol. The van der Waals surface area contributed by atoms with Crippen molar-refractivity contribution in [2.75, 3.05) is 25.0 Å². The minimum atomic E-state index is 0.130. The first kappa shape index (κ1) is 15.9. The number of hydrogen-bond donors (Lipinski definition) is 1. The van der Waals surface area contributed by atoms with Gasteiger partial charge in [-0.1, -0.05) is 0 Å². The Labute approximate surface area is 146 Å². The summed E-state index contributed by atoms with van der Waals surface area (Å²) in [5.74, 6) is 2.22. The van der Waals surface area contributed by atoms with Gasteiger partial charge < -0.3 is 14.8 Å². The van der Waals surface area contributed by atoms with E-state index in [1.54, 1.807) is 6.33 Å². The van der Waals surface area contributed by atoms with Crippen LogP contribution in [-0.4, -0.2) is 51.9 Å². The maximum atomic E-state index is 12.1. The number of anilines is 1. The molecule has 0 spiro atoms. The van der Waals surface area contributed by atoms with Gasteiger partial charge in [-0.25, -0.2) is 9.97 Å².